The quantitative estimate of drug-likeness (QED) is 0.741. The van der Waals surface area contributed by atoms with Gasteiger partial charge in [0.05, 0.1) is 12.0 Å². The zero-order valence-electron chi connectivity index (χ0n) is 12.3. The minimum absolute atomic E-state index is 0.115. The molecule has 2 saturated heterocycles. The molecule has 0 saturated carbocycles. The van der Waals surface area contributed by atoms with Crippen LogP contribution in [-0.4, -0.2) is 46.6 Å². The molecule has 2 heterocycles. The standard InChI is InChI=1S/C15H20O6/c1-7-4-5-15(12(17)10(7)16)9-8(2)6-20-14(15,3)21-11(9)13(18)19/h4,8-9,11-12,17H,5-6H2,1-3H3,(H,18,19)/t8-,9+,11?,12-,14-,15+/m1/s1. The van der Waals surface area contributed by atoms with Gasteiger partial charge in [-0.3, -0.25) is 4.79 Å². The summed E-state index contributed by atoms with van der Waals surface area (Å²) in [6, 6.07) is 0. The third-order valence-electron chi connectivity index (χ3n) is 5.47. The predicted octanol–water partition coefficient (Wildman–Crippen LogP) is 0.735. The average Bonchev–Trinajstić information content (AvgIpc) is 2.60. The first-order valence-corrected chi connectivity index (χ1v) is 7.18. The lowest BCUT2D eigenvalue weighted by molar-refractivity contribution is -0.293. The number of ether oxygens (including phenoxy) is 2. The summed E-state index contributed by atoms with van der Waals surface area (Å²) in [7, 11) is 0. The molecule has 6 nitrogen and oxygen atoms in total. The van der Waals surface area contributed by atoms with E-state index in [4.69, 9.17) is 9.47 Å². The maximum Gasteiger partial charge on any atom is 0.333 e. The van der Waals surface area contributed by atoms with Crippen LogP contribution < -0.4 is 0 Å². The number of aliphatic hydroxyl groups excluding tert-OH is 1. The first kappa shape index (κ1) is 14.7. The van der Waals surface area contributed by atoms with E-state index < -0.39 is 35.3 Å². The van der Waals surface area contributed by atoms with Crippen molar-refractivity contribution < 1.29 is 29.3 Å². The first-order chi connectivity index (χ1) is 9.74. The Morgan fingerprint density at radius 2 is 2.14 bits per heavy atom. The van der Waals surface area contributed by atoms with Crippen molar-refractivity contribution in [2.45, 2.75) is 45.2 Å². The number of rotatable bonds is 1. The molecule has 116 valence electrons. The lowest BCUT2D eigenvalue weighted by Gasteiger charge is -2.52. The number of ketones is 1. The molecule has 3 rings (SSSR count). The van der Waals surface area contributed by atoms with Crippen molar-refractivity contribution >= 4 is 11.8 Å². The van der Waals surface area contributed by atoms with E-state index >= 15 is 0 Å². The molecule has 2 N–H and O–H groups in total. The number of allylic oxidation sites excluding steroid dienone is 1. The van der Waals surface area contributed by atoms with Gasteiger partial charge in [0.15, 0.2) is 17.7 Å². The van der Waals surface area contributed by atoms with E-state index in [-0.39, 0.29) is 11.7 Å². The van der Waals surface area contributed by atoms with Crippen molar-refractivity contribution in [2.75, 3.05) is 6.61 Å². The second kappa shape index (κ2) is 4.38. The first-order valence-electron chi connectivity index (χ1n) is 7.18. The Kier molecular flexibility index (Phi) is 3.06. The molecule has 3 aliphatic rings. The van der Waals surface area contributed by atoms with Crippen molar-refractivity contribution in [2.24, 2.45) is 17.3 Å². The van der Waals surface area contributed by atoms with Gasteiger partial charge in [0, 0.05) is 5.92 Å². The molecule has 2 aliphatic heterocycles. The maximum atomic E-state index is 12.3. The zero-order chi connectivity index (χ0) is 15.6. The fourth-order valence-corrected chi connectivity index (χ4v) is 4.31. The SMILES string of the molecule is CC1=CC[C@@]2([C@H](O)C1=O)[C@@H]1C(C(=O)O)O[C@@]2(C)OC[C@H]1C. The normalized spacial score (nSPS) is 49.3. The number of aliphatic carboxylic acids is 1. The van der Waals surface area contributed by atoms with Gasteiger partial charge in [0.2, 0.25) is 0 Å². The van der Waals surface area contributed by atoms with Crippen LogP contribution in [0, 0.1) is 17.3 Å². The van der Waals surface area contributed by atoms with Crippen LogP contribution in [0.5, 0.6) is 0 Å². The number of carbonyl (C=O) groups excluding carboxylic acids is 1. The van der Waals surface area contributed by atoms with Gasteiger partial charge < -0.3 is 19.7 Å². The summed E-state index contributed by atoms with van der Waals surface area (Å²) in [6.07, 6.45) is -0.234. The van der Waals surface area contributed by atoms with E-state index in [1.54, 1.807) is 19.9 Å². The summed E-state index contributed by atoms with van der Waals surface area (Å²) < 4.78 is 11.5. The van der Waals surface area contributed by atoms with Crippen LogP contribution in [0.15, 0.2) is 11.6 Å². The van der Waals surface area contributed by atoms with Crippen LogP contribution in [0.25, 0.3) is 0 Å². The van der Waals surface area contributed by atoms with Crippen LogP contribution in [0.1, 0.15) is 27.2 Å². The second-order valence-corrected chi connectivity index (χ2v) is 6.53. The largest absolute Gasteiger partial charge is 0.479 e. The molecule has 21 heavy (non-hydrogen) atoms. The molecular weight excluding hydrogens is 276 g/mol. The highest BCUT2D eigenvalue weighted by Crippen LogP contribution is 2.62. The Balaban J connectivity index is 2.17. The van der Waals surface area contributed by atoms with Crippen molar-refractivity contribution in [1.29, 1.82) is 0 Å². The summed E-state index contributed by atoms with van der Waals surface area (Å²) in [5, 5.41) is 20.1. The second-order valence-electron chi connectivity index (χ2n) is 6.53. The Bertz CT molecular complexity index is 540. The Morgan fingerprint density at radius 3 is 2.76 bits per heavy atom. The van der Waals surface area contributed by atoms with Gasteiger partial charge >= 0.3 is 5.97 Å². The number of hydrogen-bond donors (Lipinski definition) is 2. The van der Waals surface area contributed by atoms with Crippen LogP contribution >= 0.6 is 0 Å². The maximum absolute atomic E-state index is 12.3. The molecule has 1 unspecified atom stereocenters. The van der Waals surface area contributed by atoms with E-state index in [1.807, 2.05) is 6.92 Å². The Morgan fingerprint density at radius 1 is 1.48 bits per heavy atom. The summed E-state index contributed by atoms with van der Waals surface area (Å²) in [5.41, 5.74) is -0.536. The lowest BCUT2D eigenvalue weighted by atomic mass is 9.56. The van der Waals surface area contributed by atoms with Crippen molar-refractivity contribution in [3.8, 4) is 0 Å². The van der Waals surface area contributed by atoms with Gasteiger partial charge in [-0.1, -0.05) is 13.0 Å². The topological polar surface area (TPSA) is 93.1 Å². The smallest absolute Gasteiger partial charge is 0.333 e. The molecule has 6 heteroatoms. The van der Waals surface area contributed by atoms with Crippen molar-refractivity contribution in [3.63, 3.8) is 0 Å². The number of carboxylic acids is 1. The van der Waals surface area contributed by atoms with Crippen molar-refractivity contribution in [1.82, 2.24) is 0 Å². The molecule has 1 spiro atoms. The summed E-state index contributed by atoms with van der Waals surface area (Å²) in [6.45, 7) is 5.53. The third-order valence-corrected chi connectivity index (χ3v) is 5.47. The van der Waals surface area contributed by atoms with Gasteiger partial charge in [-0.25, -0.2) is 4.79 Å². The Labute approximate surface area is 122 Å². The van der Waals surface area contributed by atoms with Crippen LogP contribution in [0.2, 0.25) is 0 Å². The van der Waals surface area contributed by atoms with Crippen molar-refractivity contribution in [3.05, 3.63) is 11.6 Å². The number of carbonyl (C=O) groups is 2. The lowest BCUT2D eigenvalue weighted by Crippen LogP contribution is -2.63. The minimum atomic E-state index is -1.30. The zero-order valence-corrected chi connectivity index (χ0v) is 12.3. The molecule has 1 aliphatic carbocycles. The number of carboxylic acid groups (broad SMARTS) is 1. The van der Waals surface area contributed by atoms with E-state index in [1.165, 1.54) is 0 Å². The molecule has 0 amide bonds. The summed E-state index contributed by atoms with van der Waals surface area (Å²) in [5.74, 6) is -3.29. The van der Waals surface area contributed by atoms with Crippen LogP contribution in [0.3, 0.4) is 0 Å². The van der Waals surface area contributed by atoms with Gasteiger partial charge in [0.1, 0.15) is 6.10 Å². The predicted molar refractivity (Wildman–Crippen MR) is 71.3 cm³/mol. The molecule has 0 radical (unpaired) electrons. The third kappa shape index (κ3) is 1.64. The minimum Gasteiger partial charge on any atom is -0.479 e. The van der Waals surface area contributed by atoms with Crippen LogP contribution in [-0.2, 0) is 19.1 Å². The number of Topliss-reactive ketones (excluding diaryl/α,β-unsaturated/α-hetero) is 1. The summed E-state index contributed by atoms with van der Waals surface area (Å²) in [4.78, 5) is 23.8. The Hall–Kier alpha value is -1.24. The molecular formula is C15H20O6. The van der Waals surface area contributed by atoms with Gasteiger partial charge in [-0.05, 0) is 31.8 Å². The molecule has 0 aromatic heterocycles. The monoisotopic (exact) mass is 296 g/mol. The highest BCUT2D eigenvalue weighted by Gasteiger charge is 2.73. The van der Waals surface area contributed by atoms with E-state index in [0.717, 1.165) is 0 Å². The number of aliphatic hydroxyl groups is 1. The van der Waals surface area contributed by atoms with E-state index in [9.17, 15) is 19.8 Å². The highest BCUT2D eigenvalue weighted by molar-refractivity contribution is 6.00. The van der Waals surface area contributed by atoms with Gasteiger partial charge in [0.25, 0.3) is 0 Å². The molecule has 2 bridgehead atoms. The fraction of sp³-hybridized carbons (Fsp3) is 0.733. The molecule has 0 aromatic rings. The number of hydrogen-bond acceptors (Lipinski definition) is 5. The highest BCUT2D eigenvalue weighted by atomic mass is 16.7. The van der Waals surface area contributed by atoms with Gasteiger partial charge in [-0.15, -0.1) is 0 Å². The van der Waals surface area contributed by atoms with E-state index in [2.05, 4.69) is 0 Å². The van der Waals surface area contributed by atoms with E-state index in [0.29, 0.717) is 18.6 Å². The molecule has 6 atom stereocenters. The molecule has 2 fully saturated rings. The van der Waals surface area contributed by atoms with Gasteiger partial charge in [-0.2, -0.15) is 0 Å². The molecule has 0 aromatic carbocycles. The average molecular weight is 296 g/mol. The van der Waals surface area contributed by atoms with Crippen LogP contribution in [0.4, 0.5) is 0 Å². The summed E-state index contributed by atoms with van der Waals surface area (Å²) >= 11 is 0. The fourth-order valence-electron chi connectivity index (χ4n) is 4.31.